The highest BCUT2D eigenvalue weighted by atomic mass is 19.1. The van der Waals surface area contributed by atoms with Gasteiger partial charge in [0.2, 0.25) is 5.88 Å². The quantitative estimate of drug-likeness (QED) is 0.288. The van der Waals surface area contributed by atoms with Crippen LogP contribution in [0.15, 0.2) is 67.3 Å². The van der Waals surface area contributed by atoms with Crippen LogP contribution in [0.25, 0.3) is 5.69 Å². The third kappa shape index (κ3) is 6.32. The predicted octanol–water partition coefficient (Wildman–Crippen LogP) is 4.89. The summed E-state index contributed by atoms with van der Waals surface area (Å²) in [6, 6.07) is 16.0. The number of halogens is 1. The second-order valence-electron chi connectivity index (χ2n) is 8.77. The van der Waals surface area contributed by atoms with E-state index in [0.29, 0.717) is 31.5 Å². The van der Waals surface area contributed by atoms with Gasteiger partial charge in [0.25, 0.3) is 0 Å². The van der Waals surface area contributed by atoms with Gasteiger partial charge in [-0.2, -0.15) is 5.10 Å². The molecular formula is C27H32FN3O3. The van der Waals surface area contributed by atoms with Crippen molar-refractivity contribution in [2.24, 2.45) is 5.92 Å². The van der Waals surface area contributed by atoms with Crippen LogP contribution >= 0.6 is 0 Å². The molecule has 1 saturated carbocycles. The Hall–Kier alpha value is -3.00. The molecule has 4 rings (SSSR count). The van der Waals surface area contributed by atoms with Crippen LogP contribution in [0, 0.1) is 18.7 Å². The normalized spacial score (nSPS) is 14.4. The minimum atomic E-state index is -0.626. The molecule has 1 aromatic heterocycles. The second kappa shape index (κ2) is 11.4. The summed E-state index contributed by atoms with van der Waals surface area (Å²) >= 11 is 0. The Morgan fingerprint density at radius 3 is 2.65 bits per heavy atom. The first-order chi connectivity index (χ1) is 16.5. The van der Waals surface area contributed by atoms with Crippen LogP contribution in [-0.4, -0.2) is 52.2 Å². The maximum absolute atomic E-state index is 14.5. The molecule has 1 unspecified atom stereocenters. The van der Waals surface area contributed by atoms with Gasteiger partial charge in [0.15, 0.2) is 11.6 Å². The van der Waals surface area contributed by atoms with Gasteiger partial charge in [-0.25, -0.2) is 9.07 Å². The van der Waals surface area contributed by atoms with Gasteiger partial charge in [0.05, 0.1) is 36.3 Å². The number of aliphatic hydroxyl groups is 1. The molecule has 2 aromatic carbocycles. The Balaban J connectivity index is 1.64. The lowest BCUT2D eigenvalue weighted by molar-refractivity contribution is 0.0235. The van der Waals surface area contributed by atoms with E-state index in [9.17, 15) is 9.50 Å². The van der Waals surface area contributed by atoms with E-state index in [4.69, 9.17) is 14.6 Å². The van der Waals surface area contributed by atoms with Crippen LogP contribution in [-0.2, 0) is 11.3 Å². The van der Waals surface area contributed by atoms with Crippen molar-refractivity contribution in [3.8, 4) is 17.3 Å². The molecule has 0 saturated heterocycles. The summed E-state index contributed by atoms with van der Waals surface area (Å²) in [5.74, 6) is 0.817. The Bertz CT molecular complexity index is 1080. The van der Waals surface area contributed by atoms with Crippen LogP contribution < -0.4 is 4.74 Å². The Morgan fingerprint density at radius 2 is 1.94 bits per heavy atom. The summed E-state index contributed by atoms with van der Waals surface area (Å²) in [5, 5.41) is 15.3. The molecule has 3 aromatic rings. The number of rotatable bonds is 13. The van der Waals surface area contributed by atoms with Crippen molar-refractivity contribution in [2.45, 2.75) is 32.4 Å². The lowest BCUT2D eigenvalue weighted by atomic mass is 10.2. The number of aliphatic hydroxyl groups excluding tert-OH is 1. The Kier molecular flexibility index (Phi) is 8.11. The zero-order valence-electron chi connectivity index (χ0n) is 19.6. The Morgan fingerprint density at radius 1 is 1.21 bits per heavy atom. The standard InChI is InChI=1S/C27H32FN3O3/c1-3-15-33-19-23(32)17-30(16-21-13-14-21)18-24-20(2)29-31(22-9-5-4-6-10-22)27(24)34-26-12-8-7-11-25(26)28/h3-12,21,23,32H,1,13-19H2,2H3. The number of para-hydroxylation sites is 2. The van der Waals surface area contributed by atoms with Crippen molar-refractivity contribution < 1.29 is 19.0 Å². The highest BCUT2D eigenvalue weighted by molar-refractivity contribution is 5.43. The number of ether oxygens (including phenoxy) is 2. The lowest BCUT2D eigenvalue weighted by Gasteiger charge is -2.25. The molecule has 0 amide bonds. The fourth-order valence-corrected chi connectivity index (χ4v) is 3.93. The van der Waals surface area contributed by atoms with E-state index in [-0.39, 0.29) is 12.4 Å². The van der Waals surface area contributed by atoms with E-state index in [1.807, 2.05) is 37.3 Å². The average Bonchev–Trinajstić information content (AvgIpc) is 3.60. The molecule has 1 aliphatic carbocycles. The number of hydrogen-bond donors (Lipinski definition) is 1. The maximum Gasteiger partial charge on any atom is 0.227 e. The summed E-state index contributed by atoms with van der Waals surface area (Å²) in [7, 11) is 0. The van der Waals surface area contributed by atoms with E-state index in [0.717, 1.165) is 23.5 Å². The van der Waals surface area contributed by atoms with Crippen LogP contribution in [0.5, 0.6) is 11.6 Å². The molecule has 6 nitrogen and oxygen atoms in total. The van der Waals surface area contributed by atoms with Crippen LogP contribution in [0.2, 0.25) is 0 Å². The van der Waals surface area contributed by atoms with Crippen molar-refractivity contribution in [3.63, 3.8) is 0 Å². The summed E-state index contributed by atoms with van der Waals surface area (Å²) in [6.07, 6.45) is 3.43. The zero-order chi connectivity index (χ0) is 23.9. The second-order valence-corrected chi connectivity index (χ2v) is 8.77. The number of aryl methyl sites for hydroxylation is 1. The summed E-state index contributed by atoms with van der Waals surface area (Å²) in [5.41, 5.74) is 2.50. The third-order valence-electron chi connectivity index (χ3n) is 5.79. The molecule has 0 spiro atoms. The molecule has 1 atom stereocenters. The smallest absolute Gasteiger partial charge is 0.227 e. The van der Waals surface area contributed by atoms with E-state index in [1.54, 1.807) is 29.0 Å². The van der Waals surface area contributed by atoms with E-state index >= 15 is 0 Å². The summed E-state index contributed by atoms with van der Waals surface area (Å²) < 4.78 is 27.8. The number of benzene rings is 2. The number of hydrogen-bond acceptors (Lipinski definition) is 5. The molecule has 0 bridgehead atoms. The van der Waals surface area contributed by atoms with Crippen molar-refractivity contribution in [1.29, 1.82) is 0 Å². The molecule has 1 fully saturated rings. The van der Waals surface area contributed by atoms with Crippen molar-refractivity contribution in [3.05, 3.63) is 84.3 Å². The van der Waals surface area contributed by atoms with Gasteiger partial charge in [0, 0.05) is 19.6 Å². The van der Waals surface area contributed by atoms with Crippen LogP contribution in [0.1, 0.15) is 24.1 Å². The average molecular weight is 466 g/mol. The van der Waals surface area contributed by atoms with Gasteiger partial charge in [-0.05, 0) is 49.9 Å². The molecular weight excluding hydrogens is 433 g/mol. The lowest BCUT2D eigenvalue weighted by Crippen LogP contribution is -2.36. The molecule has 1 heterocycles. The topological polar surface area (TPSA) is 59.8 Å². The summed E-state index contributed by atoms with van der Waals surface area (Å²) in [6.45, 7) is 8.08. The fraction of sp³-hybridized carbons (Fsp3) is 0.370. The Labute approximate surface area is 200 Å². The molecule has 1 aliphatic rings. The first-order valence-corrected chi connectivity index (χ1v) is 11.7. The molecule has 1 N–H and O–H groups in total. The van der Waals surface area contributed by atoms with Gasteiger partial charge in [0.1, 0.15) is 0 Å². The highest BCUT2D eigenvalue weighted by Gasteiger charge is 2.28. The van der Waals surface area contributed by atoms with Gasteiger partial charge < -0.3 is 14.6 Å². The van der Waals surface area contributed by atoms with Crippen molar-refractivity contribution in [2.75, 3.05) is 26.3 Å². The van der Waals surface area contributed by atoms with E-state index < -0.39 is 11.9 Å². The first-order valence-electron chi connectivity index (χ1n) is 11.7. The summed E-state index contributed by atoms with van der Waals surface area (Å²) in [4.78, 5) is 2.22. The minimum absolute atomic E-state index is 0.146. The molecule has 0 aliphatic heterocycles. The molecule has 180 valence electrons. The predicted molar refractivity (Wildman–Crippen MR) is 130 cm³/mol. The van der Waals surface area contributed by atoms with Crippen LogP contribution in [0.3, 0.4) is 0 Å². The fourth-order valence-electron chi connectivity index (χ4n) is 3.93. The molecule has 7 heteroatoms. The van der Waals surface area contributed by atoms with E-state index in [2.05, 4.69) is 11.5 Å². The van der Waals surface area contributed by atoms with Gasteiger partial charge >= 0.3 is 0 Å². The largest absolute Gasteiger partial charge is 0.435 e. The maximum atomic E-state index is 14.5. The van der Waals surface area contributed by atoms with Gasteiger partial charge in [-0.15, -0.1) is 6.58 Å². The zero-order valence-corrected chi connectivity index (χ0v) is 19.6. The number of aromatic nitrogens is 2. The minimum Gasteiger partial charge on any atom is -0.435 e. The third-order valence-corrected chi connectivity index (χ3v) is 5.79. The highest BCUT2D eigenvalue weighted by Crippen LogP contribution is 2.34. The van der Waals surface area contributed by atoms with Gasteiger partial charge in [-0.1, -0.05) is 36.4 Å². The monoisotopic (exact) mass is 465 g/mol. The first kappa shape index (κ1) is 24.1. The molecule has 34 heavy (non-hydrogen) atoms. The van der Waals surface area contributed by atoms with E-state index in [1.165, 1.54) is 18.9 Å². The van der Waals surface area contributed by atoms with Crippen molar-refractivity contribution >= 4 is 0 Å². The van der Waals surface area contributed by atoms with Crippen molar-refractivity contribution in [1.82, 2.24) is 14.7 Å². The van der Waals surface area contributed by atoms with Gasteiger partial charge in [-0.3, -0.25) is 4.90 Å². The van der Waals surface area contributed by atoms with Crippen LogP contribution in [0.4, 0.5) is 4.39 Å². The number of nitrogens with zero attached hydrogens (tertiary/aromatic N) is 3. The molecule has 0 radical (unpaired) electrons. The SMILES string of the molecule is C=CCOCC(O)CN(Cc1c(C)nn(-c2ccccc2)c1Oc1ccccc1F)CC1CC1.